The summed E-state index contributed by atoms with van der Waals surface area (Å²) >= 11 is 5.81. The molecule has 2 fully saturated rings. The highest BCUT2D eigenvalue weighted by Gasteiger charge is 2.53. The van der Waals surface area contributed by atoms with E-state index in [0.717, 1.165) is 24.2 Å². The summed E-state index contributed by atoms with van der Waals surface area (Å²) in [4.78, 5) is 26.3. The molecule has 2 rings (SSSR count). The van der Waals surface area contributed by atoms with E-state index in [4.69, 9.17) is 11.6 Å². The average Bonchev–Trinajstić information content (AvgIpc) is 2.45. The first-order chi connectivity index (χ1) is 10.2. The third-order valence-corrected chi connectivity index (χ3v) is 4.76. The fourth-order valence-electron chi connectivity index (χ4n) is 3.53. The van der Waals surface area contributed by atoms with Gasteiger partial charge in [-0.3, -0.25) is 9.59 Å². The Balaban J connectivity index is 2.25. The number of halogens is 4. The van der Waals surface area contributed by atoms with Crippen LogP contribution < -0.4 is 0 Å². The van der Waals surface area contributed by atoms with E-state index in [-0.39, 0.29) is 25.5 Å². The lowest BCUT2D eigenvalue weighted by molar-refractivity contribution is -0.197. The van der Waals surface area contributed by atoms with Crippen molar-refractivity contribution in [2.45, 2.75) is 56.1 Å². The first-order valence-corrected chi connectivity index (χ1v) is 7.93. The highest BCUT2D eigenvalue weighted by atomic mass is 35.5. The van der Waals surface area contributed by atoms with Crippen LogP contribution in [0.25, 0.3) is 0 Å². The maximum Gasteiger partial charge on any atom is 0.471 e. The number of amides is 2. The minimum absolute atomic E-state index is 0.0896. The van der Waals surface area contributed by atoms with Crippen LogP contribution in [0.2, 0.25) is 0 Å². The van der Waals surface area contributed by atoms with Gasteiger partial charge >= 0.3 is 12.1 Å². The van der Waals surface area contributed by atoms with Crippen LogP contribution >= 0.6 is 11.6 Å². The second-order valence-electron chi connectivity index (χ2n) is 6.12. The standard InChI is InChI=1S/C14H20ClF3N2O2/c1-10(15)11(21)19-7-8-20(12(22)14(16,17)18)13(9-19)5-3-2-4-6-13/h10H,2-9H2,1H3. The molecule has 1 aliphatic heterocycles. The summed E-state index contributed by atoms with van der Waals surface area (Å²) in [6.07, 6.45) is -1.42. The molecule has 1 saturated heterocycles. The molecule has 1 atom stereocenters. The molecule has 0 radical (unpaired) electrons. The number of rotatable bonds is 1. The third-order valence-electron chi connectivity index (χ3n) is 4.58. The van der Waals surface area contributed by atoms with Gasteiger partial charge in [-0.05, 0) is 19.8 Å². The van der Waals surface area contributed by atoms with Gasteiger partial charge < -0.3 is 9.80 Å². The molecule has 8 heteroatoms. The molecular formula is C14H20ClF3N2O2. The van der Waals surface area contributed by atoms with Crippen molar-refractivity contribution >= 4 is 23.4 Å². The molecule has 126 valence electrons. The summed E-state index contributed by atoms with van der Waals surface area (Å²) < 4.78 is 38.6. The fraction of sp³-hybridized carbons (Fsp3) is 0.857. The Morgan fingerprint density at radius 3 is 2.23 bits per heavy atom. The second-order valence-corrected chi connectivity index (χ2v) is 6.77. The summed E-state index contributed by atoms with van der Waals surface area (Å²) in [5.74, 6) is -2.08. The lowest BCUT2D eigenvalue weighted by atomic mass is 9.78. The van der Waals surface area contributed by atoms with Gasteiger partial charge in [-0.1, -0.05) is 19.3 Å². The minimum atomic E-state index is -4.88. The normalized spacial score (nSPS) is 23.5. The molecule has 1 unspecified atom stereocenters. The first kappa shape index (κ1) is 17.4. The summed E-state index contributed by atoms with van der Waals surface area (Å²) in [7, 11) is 0. The smallest absolute Gasteiger partial charge is 0.337 e. The number of hydrogen-bond donors (Lipinski definition) is 0. The Labute approximate surface area is 132 Å². The van der Waals surface area contributed by atoms with Gasteiger partial charge in [-0.2, -0.15) is 13.2 Å². The Hall–Kier alpha value is -0.980. The zero-order chi connectivity index (χ0) is 16.5. The lowest BCUT2D eigenvalue weighted by Gasteiger charge is -2.52. The van der Waals surface area contributed by atoms with Crippen molar-refractivity contribution in [1.82, 2.24) is 9.80 Å². The molecular weight excluding hydrogens is 321 g/mol. The molecule has 0 N–H and O–H groups in total. The van der Waals surface area contributed by atoms with Crippen molar-refractivity contribution in [3.05, 3.63) is 0 Å². The van der Waals surface area contributed by atoms with Crippen LogP contribution in [0.1, 0.15) is 39.0 Å². The first-order valence-electron chi connectivity index (χ1n) is 7.49. The molecule has 0 aromatic rings. The van der Waals surface area contributed by atoms with Crippen LogP contribution in [0, 0.1) is 0 Å². The number of carbonyl (C=O) groups excluding carboxylic acids is 2. The third kappa shape index (κ3) is 3.34. The highest BCUT2D eigenvalue weighted by molar-refractivity contribution is 6.30. The quantitative estimate of drug-likeness (QED) is 0.688. The van der Waals surface area contributed by atoms with Crippen molar-refractivity contribution in [3.8, 4) is 0 Å². The van der Waals surface area contributed by atoms with E-state index in [0.29, 0.717) is 12.8 Å². The van der Waals surface area contributed by atoms with Gasteiger partial charge in [0.25, 0.3) is 0 Å². The predicted octanol–water partition coefficient (Wildman–Crippen LogP) is 2.55. The van der Waals surface area contributed by atoms with Crippen molar-refractivity contribution < 1.29 is 22.8 Å². The lowest BCUT2D eigenvalue weighted by Crippen LogP contribution is -2.67. The molecule has 2 aliphatic rings. The Bertz CT molecular complexity index is 448. The van der Waals surface area contributed by atoms with E-state index in [9.17, 15) is 22.8 Å². The van der Waals surface area contributed by atoms with E-state index < -0.39 is 23.0 Å². The molecule has 4 nitrogen and oxygen atoms in total. The van der Waals surface area contributed by atoms with E-state index in [2.05, 4.69) is 0 Å². The Morgan fingerprint density at radius 1 is 1.14 bits per heavy atom. The van der Waals surface area contributed by atoms with Gasteiger partial charge in [-0.25, -0.2) is 0 Å². The predicted molar refractivity (Wildman–Crippen MR) is 75.5 cm³/mol. The van der Waals surface area contributed by atoms with E-state index in [1.54, 1.807) is 6.92 Å². The number of alkyl halides is 4. The zero-order valence-electron chi connectivity index (χ0n) is 12.5. The monoisotopic (exact) mass is 340 g/mol. The number of nitrogens with zero attached hydrogens (tertiary/aromatic N) is 2. The summed E-state index contributed by atoms with van der Waals surface area (Å²) in [5, 5.41) is -0.717. The molecule has 1 saturated carbocycles. The van der Waals surface area contributed by atoms with Crippen LogP contribution in [0.3, 0.4) is 0 Å². The summed E-state index contributed by atoms with van der Waals surface area (Å²) in [6.45, 7) is 1.70. The maximum absolute atomic E-state index is 12.9. The molecule has 1 spiro atoms. The van der Waals surface area contributed by atoms with E-state index in [1.807, 2.05) is 0 Å². The highest BCUT2D eigenvalue weighted by Crippen LogP contribution is 2.39. The number of piperazine rings is 1. The molecule has 0 bridgehead atoms. The van der Waals surface area contributed by atoms with E-state index >= 15 is 0 Å². The van der Waals surface area contributed by atoms with Gasteiger partial charge in [0.05, 0.1) is 5.54 Å². The maximum atomic E-state index is 12.9. The molecule has 2 amide bonds. The van der Waals surface area contributed by atoms with Crippen molar-refractivity contribution in [2.24, 2.45) is 0 Å². The van der Waals surface area contributed by atoms with Gasteiger partial charge in [0.15, 0.2) is 0 Å². The van der Waals surface area contributed by atoms with Crippen LogP contribution in [-0.2, 0) is 9.59 Å². The van der Waals surface area contributed by atoms with Crippen LogP contribution in [0.15, 0.2) is 0 Å². The number of hydrogen-bond acceptors (Lipinski definition) is 2. The van der Waals surface area contributed by atoms with Crippen LogP contribution in [0.5, 0.6) is 0 Å². The number of carbonyl (C=O) groups is 2. The van der Waals surface area contributed by atoms with E-state index in [1.165, 1.54) is 4.90 Å². The van der Waals surface area contributed by atoms with Gasteiger partial charge in [-0.15, -0.1) is 11.6 Å². The Morgan fingerprint density at radius 2 is 1.73 bits per heavy atom. The topological polar surface area (TPSA) is 40.6 Å². The van der Waals surface area contributed by atoms with Gasteiger partial charge in [0.2, 0.25) is 5.91 Å². The molecule has 1 aliphatic carbocycles. The Kier molecular flexibility index (Phi) is 4.94. The molecule has 0 aromatic heterocycles. The van der Waals surface area contributed by atoms with Crippen LogP contribution in [-0.4, -0.2) is 58.3 Å². The molecule has 1 heterocycles. The molecule has 0 aromatic carbocycles. The summed E-state index contributed by atoms with van der Waals surface area (Å²) in [5.41, 5.74) is -0.898. The van der Waals surface area contributed by atoms with Gasteiger partial charge in [0.1, 0.15) is 5.38 Å². The van der Waals surface area contributed by atoms with Crippen molar-refractivity contribution in [1.29, 1.82) is 0 Å². The molecule has 22 heavy (non-hydrogen) atoms. The fourth-order valence-corrected chi connectivity index (χ4v) is 3.66. The van der Waals surface area contributed by atoms with Crippen molar-refractivity contribution in [2.75, 3.05) is 19.6 Å². The van der Waals surface area contributed by atoms with Gasteiger partial charge in [0, 0.05) is 19.6 Å². The van der Waals surface area contributed by atoms with Crippen molar-refractivity contribution in [3.63, 3.8) is 0 Å². The SMILES string of the molecule is CC(Cl)C(=O)N1CCN(C(=O)C(F)(F)F)C2(CCCCC2)C1. The average molecular weight is 341 g/mol. The minimum Gasteiger partial charge on any atom is -0.337 e. The summed E-state index contributed by atoms with van der Waals surface area (Å²) in [6, 6.07) is 0. The van der Waals surface area contributed by atoms with Crippen LogP contribution in [0.4, 0.5) is 13.2 Å². The zero-order valence-corrected chi connectivity index (χ0v) is 13.2. The largest absolute Gasteiger partial charge is 0.471 e. The second kappa shape index (κ2) is 6.26.